The maximum atomic E-state index is 13.9. The van der Waals surface area contributed by atoms with E-state index in [0.717, 1.165) is 6.07 Å². The molecule has 37 heavy (non-hydrogen) atoms. The van der Waals surface area contributed by atoms with E-state index in [-0.39, 0.29) is 48.9 Å². The van der Waals surface area contributed by atoms with Crippen LogP contribution in [0, 0.1) is 17.5 Å². The van der Waals surface area contributed by atoms with Crippen molar-refractivity contribution in [1.82, 2.24) is 10.2 Å². The Morgan fingerprint density at radius 3 is 2.54 bits per heavy atom. The first kappa shape index (κ1) is 28.4. The number of carbonyl (C=O) groups is 3. The van der Waals surface area contributed by atoms with Crippen molar-refractivity contribution >= 4 is 42.0 Å². The highest BCUT2D eigenvalue weighted by atomic mass is 35.5. The average molecular weight is 562 g/mol. The first-order valence-electron chi connectivity index (χ1n) is 10.9. The number of fused-ring (bicyclic) bond motifs is 1. The molecule has 2 aliphatic rings. The number of hydrogen-bond donors (Lipinski definition) is 3. The maximum Gasteiger partial charge on any atom is 0.387 e. The van der Waals surface area contributed by atoms with Crippen molar-refractivity contribution in [2.45, 2.75) is 37.1 Å². The van der Waals surface area contributed by atoms with Crippen molar-refractivity contribution in [3.63, 3.8) is 0 Å². The summed E-state index contributed by atoms with van der Waals surface area (Å²) in [6, 6.07) is 5.02. The number of carboxylic acid groups (broad SMARTS) is 1. The van der Waals surface area contributed by atoms with Gasteiger partial charge in [-0.1, -0.05) is 6.07 Å². The van der Waals surface area contributed by atoms with Gasteiger partial charge < -0.3 is 30.5 Å². The van der Waals surface area contributed by atoms with Gasteiger partial charge >= 0.3 is 12.3 Å². The molecule has 2 aromatic carbocycles. The second-order valence-electron chi connectivity index (χ2n) is 8.24. The van der Waals surface area contributed by atoms with Crippen molar-refractivity contribution in [2.24, 2.45) is 5.73 Å². The Balaban J connectivity index is 0.00000380. The van der Waals surface area contributed by atoms with Gasteiger partial charge in [-0.25, -0.2) is 18.0 Å². The lowest BCUT2D eigenvalue weighted by atomic mass is 10.0. The molecule has 1 saturated heterocycles. The third-order valence-electron chi connectivity index (χ3n) is 5.59. The fourth-order valence-electron chi connectivity index (χ4n) is 3.84. The van der Waals surface area contributed by atoms with E-state index in [2.05, 4.69) is 5.32 Å². The minimum atomic E-state index is -1.43. The second kappa shape index (κ2) is 11.9. The lowest BCUT2D eigenvalue weighted by molar-refractivity contribution is -0.154. The Labute approximate surface area is 219 Å². The molecule has 4 rings (SSSR count). The predicted molar refractivity (Wildman–Crippen MR) is 129 cm³/mol. The van der Waals surface area contributed by atoms with Gasteiger partial charge in [0.05, 0.1) is 0 Å². The summed E-state index contributed by atoms with van der Waals surface area (Å²) in [4.78, 5) is 38.0. The van der Waals surface area contributed by atoms with E-state index in [1.807, 2.05) is 0 Å². The van der Waals surface area contributed by atoms with Gasteiger partial charge in [-0.15, -0.1) is 24.2 Å². The first-order valence-corrected chi connectivity index (χ1v) is 11.9. The number of halogens is 4. The van der Waals surface area contributed by atoms with E-state index in [9.17, 15) is 27.6 Å². The van der Waals surface area contributed by atoms with Gasteiger partial charge in [0.25, 0.3) is 5.91 Å². The van der Waals surface area contributed by atoms with Crippen LogP contribution in [0.5, 0.6) is 11.5 Å². The molecular weight excluding hydrogens is 539 g/mol. The number of amides is 2. The zero-order valence-electron chi connectivity index (χ0n) is 19.1. The van der Waals surface area contributed by atoms with E-state index >= 15 is 0 Å². The molecule has 2 heterocycles. The summed E-state index contributed by atoms with van der Waals surface area (Å²) in [6.45, 7) is 0.412. The standard InChI is InChI=1S/C23H22F3N3O6S.ClH/c24-14-9-16(26)15(25)7-12(14)6-13(27)8-19(30)29-3-4-36-21(29)20(31)28-10-11-1-2-17-18(5-11)35-23(34-17)22(32)33;/h1-2,5,7,9,13,21,23H,3-4,6,8,10,27H2,(H,28,31)(H,32,33);1H/t13-,21?,23?;/m1./s1. The largest absolute Gasteiger partial charge is 0.476 e. The van der Waals surface area contributed by atoms with Gasteiger partial charge in [0.15, 0.2) is 28.5 Å². The topological polar surface area (TPSA) is 131 Å². The number of aliphatic carboxylic acids is 1. The number of thioether (sulfide) groups is 1. The monoisotopic (exact) mass is 561 g/mol. The Kier molecular flexibility index (Phi) is 9.16. The fourth-order valence-corrected chi connectivity index (χ4v) is 5.01. The summed E-state index contributed by atoms with van der Waals surface area (Å²) in [5, 5.41) is 10.9. The average Bonchev–Trinajstić information content (AvgIpc) is 3.48. The highest BCUT2D eigenvalue weighted by Gasteiger charge is 2.35. The highest BCUT2D eigenvalue weighted by molar-refractivity contribution is 8.00. The summed E-state index contributed by atoms with van der Waals surface area (Å²) >= 11 is 1.27. The SMILES string of the molecule is Cl.N[C@@H](CC(=O)N1CCSC1C(=O)NCc1ccc2c(c1)OC(C(=O)O)O2)Cc1cc(F)c(F)cc1F. The van der Waals surface area contributed by atoms with Crippen LogP contribution in [0.4, 0.5) is 13.2 Å². The van der Waals surface area contributed by atoms with E-state index in [4.69, 9.17) is 20.3 Å². The summed E-state index contributed by atoms with van der Waals surface area (Å²) in [6.07, 6.45) is -1.82. The number of rotatable bonds is 8. The van der Waals surface area contributed by atoms with Crippen LogP contribution < -0.4 is 20.5 Å². The molecule has 0 aliphatic carbocycles. The zero-order valence-corrected chi connectivity index (χ0v) is 20.8. The molecule has 0 saturated carbocycles. The summed E-state index contributed by atoms with van der Waals surface area (Å²) in [7, 11) is 0. The molecule has 14 heteroatoms. The number of nitrogens with zero attached hydrogens (tertiary/aromatic N) is 1. The Hall–Kier alpha value is -3.16. The number of benzene rings is 2. The minimum Gasteiger partial charge on any atom is -0.476 e. The van der Waals surface area contributed by atoms with Gasteiger partial charge in [-0.3, -0.25) is 9.59 Å². The van der Waals surface area contributed by atoms with Crippen LogP contribution in [0.15, 0.2) is 30.3 Å². The van der Waals surface area contributed by atoms with Crippen LogP contribution in [0.3, 0.4) is 0 Å². The van der Waals surface area contributed by atoms with Crippen molar-refractivity contribution in [2.75, 3.05) is 12.3 Å². The van der Waals surface area contributed by atoms with Crippen LogP contribution in [-0.4, -0.2) is 57.8 Å². The van der Waals surface area contributed by atoms with Crippen LogP contribution in [0.1, 0.15) is 17.5 Å². The lowest BCUT2D eigenvalue weighted by Crippen LogP contribution is -2.46. The predicted octanol–water partition coefficient (Wildman–Crippen LogP) is 2.19. The highest BCUT2D eigenvalue weighted by Crippen LogP contribution is 2.35. The molecule has 0 spiro atoms. The molecule has 2 aliphatic heterocycles. The zero-order chi connectivity index (χ0) is 26.0. The molecule has 1 fully saturated rings. The summed E-state index contributed by atoms with van der Waals surface area (Å²) in [5.41, 5.74) is 6.46. The smallest absolute Gasteiger partial charge is 0.387 e. The molecule has 200 valence electrons. The maximum absolute atomic E-state index is 13.9. The number of ether oxygens (including phenoxy) is 2. The number of nitrogens with two attached hydrogens (primary N) is 1. The molecule has 9 nitrogen and oxygen atoms in total. The summed E-state index contributed by atoms with van der Waals surface area (Å²) < 4.78 is 50.8. The first-order chi connectivity index (χ1) is 17.1. The van der Waals surface area contributed by atoms with Crippen molar-refractivity contribution in [3.8, 4) is 11.5 Å². The van der Waals surface area contributed by atoms with E-state index in [1.54, 1.807) is 12.1 Å². The Morgan fingerprint density at radius 1 is 1.11 bits per heavy atom. The van der Waals surface area contributed by atoms with Crippen LogP contribution in [0.2, 0.25) is 0 Å². The summed E-state index contributed by atoms with van der Waals surface area (Å²) in [5.74, 6) is -4.52. The number of nitrogens with one attached hydrogen (secondary N) is 1. The lowest BCUT2D eigenvalue weighted by Gasteiger charge is -2.24. The molecule has 0 radical (unpaired) electrons. The second-order valence-corrected chi connectivity index (χ2v) is 9.43. The quantitative estimate of drug-likeness (QED) is 0.418. The van der Waals surface area contributed by atoms with Crippen molar-refractivity contribution in [3.05, 3.63) is 58.9 Å². The Bertz CT molecular complexity index is 1210. The molecule has 3 atom stereocenters. The van der Waals surface area contributed by atoms with Crippen molar-refractivity contribution in [1.29, 1.82) is 0 Å². The van der Waals surface area contributed by atoms with Crippen LogP contribution in [0.25, 0.3) is 0 Å². The van der Waals surface area contributed by atoms with E-state index in [0.29, 0.717) is 23.9 Å². The molecule has 2 amide bonds. The third-order valence-corrected chi connectivity index (χ3v) is 6.79. The number of carbonyl (C=O) groups excluding carboxylic acids is 2. The van der Waals surface area contributed by atoms with Gasteiger partial charge in [-0.2, -0.15) is 0 Å². The number of carboxylic acids is 1. The van der Waals surface area contributed by atoms with E-state index in [1.165, 1.54) is 22.7 Å². The minimum absolute atomic E-state index is 0. The molecule has 4 N–H and O–H groups in total. The van der Waals surface area contributed by atoms with Gasteiger partial charge in [0.2, 0.25) is 5.91 Å². The van der Waals surface area contributed by atoms with Gasteiger partial charge in [-0.05, 0) is 35.7 Å². The third kappa shape index (κ3) is 6.59. The Morgan fingerprint density at radius 2 is 1.81 bits per heavy atom. The van der Waals surface area contributed by atoms with Crippen molar-refractivity contribution < 1.29 is 42.1 Å². The van der Waals surface area contributed by atoms with Crippen LogP contribution in [-0.2, 0) is 27.3 Å². The molecule has 2 aromatic rings. The molecular formula is C23H23ClF3N3O6S. The van der Waals surface area contributed by atoms with Gasteiger partial charge in [0, 0.05) is 37.4 Å². The molecule has 0 bridgehead atoms. The van der Waals surface area contributed by atoms with Gasteiger partial charge in [0.1, 0.15) is 5.82 Å². The number of hydrogen-bond acceptors (Lipinski definition) is 7. The molecule has 2 unspecified atom stereocenters. The van der Waals surface area contributed by atoms with E-state index < -0.39 is 52.9 Å². The normalized spacial score (nSPS) is 18.8. The fraction of sp³-hybridized carbons (Fsp3) is 0.348. The van der Waals surface area contributed by atoms with Crippen LogP contribution >= 0.6 is 24.2 Å². The molecule has 0 aromatic heterocycles.